The molecule has 14 heavy (non-hydrogen) atoms. The molecule has 5 heteroatoms. The Bertz CT molecular complexity index is 255. The standard InChI is InChI=1S/C9H13N3.2ClH/c10-8-3-5-12(7-8)9-2-1-4-11-6-9;;/h1-2,4,6,8H,3,5,7,10H2;2*1H/t8-;;/m1../s1. The molecule has 1 fully saturated rings. The molecule has 0 aromatic carbocycles. The van der Waals surface area contributed by atoms with Gasteiger partial charge in [0.15, 0.2) is 0 Å². The normalized spacial score (nSPS) is 19.8. The number of hydrogen-bond acceptors (Lipinski definition) is 3. The van der Waals surface area contributed by atoms with Crippen molar-refractivity contribution in [3.8, 4) is 0 Å². The van der Waals surface area contributed by atoms with Gasteiger partial charge in [0.2, 0.25) is 0 Å². The van der Waals surface area contributed by atoms with Crippen LogP contribution in [0.4, 0.5) is 5.69 Å². The third-order valence-electron chi connectivity index (χ3n) is 2.24. The molecule has 0 radical (unpaired) electrons. The summed E-state index contributed by atoms with van der Waals surface area (Å²) >= 11 is 0. The summed E-state index contributed by atoms with van der Waals surface area (Å²) in [6.07, 6.45) is 4.77. The van der Waals surface area contributed by atoms with Crippen LogP contribution in [0, 0.1) is 0 Å². The van der Waals surface area contributed by atoms with E-state index in [0.29, 0.717) is 6.04 Å². The van der Waals surface area contributed by atoms with Gasteiger partial charge in [-0.25, -0.2) is 0 Å². The SMILES string of the molecule is Cl.Cl.N[C@@H]1CCN(c2cccnc2)C1. The summed E-state index contributed by atoms with van der Waals surface area (Å²) in [5, 5.41) is 0. The highest BCUT2D eigenvalue weighted by Gasteiger charge is 2.18. The first-order valence-electron chi connectivity index (χ1n) is 4.27. The molecule has 3 nitrogen and oxygen atoms in total. The van der Waals surface area contributed by atoms with Crippen LogP contribution in [-0.2, 0) is 0 Å². The van der Waals surface area contributed by atoms with E-state index in [1.807, 2.05) is 12.3 Å². The fourth-order valence-electron chi connectivity index (χ4n) is 1.56. The molecule has 1 atom stereocenters. The van der Waals surface area contributed by atoms with E-state index < -0.39 is 0 Å². The van der Waals surface area contributed by atoms with E-state index >= 15 is 0 Å². The highest BCUT2D eigenvalue weighted by molar-refractivity contribution is 5.85. The van der Waals surface area contributed by atoms with Gasteiger partial charge in [0.1, 0.15) is 0 Å². The predicted molar refractivity (Wildman–Crippen MR) is 63.5 cm³/mol. The lowest BCUT2D eigenvalue weighted by molar-refractivity contribution is 0.752. The average Bonchev–Trinajstić information content (AvgIpc) is 2.54. The van der Waals surface area contributed by atoms with Crippen molar-refractivity contribution in [1.29, 1.82) is 0 Å². The summed E-state index contributed by atoms with van der Waals surface area (Å²) in [7, 11) is 0. The van der Waals surface area contributed by atoms with Crippen LogP contribution in [0.2, 0.25) is 0 Å². The Hall–Kier alpha value is -0.510. The van der Waals surface area contributed by atoms with Crippen molar-refractivity contribution < 1.29 is 0 Å². The number of nitrogens with two attached hydrogens (primary N) is 1. The number of nitrogens with zero attached hydrogens (tertiary/aromatic N) is 2. The quantitative estimate of drug-likeness (QED) is 0.802. The first-order valence-corrected chi connectivity index (χ1v) is 4.27. The molecule has 2 heterocycles. The third kappa shape index (κ3) is 3.01. The maximum absolute atomic E-state index is 5.80. The number of rotatable bonds is 1. The van der Waals surface area contributed by atoms with Crippen LogP contribution in [0.3, 0.4) is 0 Å². The van der Waals surface area contributed by atoms with Gasteiger partial charge in [-0.15, -0.1) is 24.8 Å². The minimum Gasteiger partial charge on any atom is -0.369 e. The molecule has 1 aromatic heterocycles. The zero-order valence-electron chi connectivity index (χ0n) is 7.80. The van der Waals surface area contributed by atoms with Crippen molar-refractivity contribution in [2.45, 2.75) is 12.5 Å². The molecule has 80 valence electrons. The molecule has 1 aliphatic rings. The molecule has 1 saturated heterocycles. The second kappa shape index (κ2) is 6.06. The van der Waals surface area contributed by atoms with Crippen molar-refractivity contribution in [1.82, 2.24) is 4.98 Å². The maximum Gasteiger partial charge on any atom is 0.0553 e. The first-order chi connectivity index (χ1) is 5.86. The summed E-state index contributed by atoms with van der Waals surface area (Å²) in [4.78, 5) is 6.35. The van der Waals surface area contributed by atoms with E-state index in [1.165, 1.54) is 5.69 Å². The zero-order valence-corrected chi connectivity index (χ0v) is 9.43. The van der Waals surface area contributed by atoms with Crippen LogP contribution in [0.5, 0.6) is 0 Å². The van der Waals surface area contributed by atoms with E-state index in [1.54, 1.807) is 6.20 Å². The Balaban J connectivity index is 0.000000845. The van der Waals surface area contributed by atoms with Crippen LogP contribution in [0.1, 0.15) is 6.42 Å². The minimum absolute atomic E-state index is 0. The highest BCUT2D eigenvalue weighted by Crippen LogP contribution is 2.17. The Morgan fingerprint density at radius 3 is 2.71 bits per heavy atom. The van der Waals surface area contributed by atoms with Crippen molar-refractivity contribution in [3.05, 3.63) is 24.5 Å². The van der Waals surface area contributed by atoms with E-state index in [4.69, 9.17) is 5.73 Å². The molecule has 0 bridgehead atoms. The van der Waals surface area contributed by atoms with Crippen molar-refractivity contribution in [3.63, 3.8) is 0 Å². The lowest BCUT2D eigenvalue weighted by Crippen LogP contribution is -2.26. The number of pyridine rings is 1. The molecule has 2 rings (SSSR count). The van der Waals surface area contributed by atoms with Gasteiger partial charge in [0.05, 0.1) is 11.9 Å². The zero-order chi connectivity index (χ0) is 8.39. The summed E-state index contributed by atoms with van der Waals surface area (Å²) < 4.78 is 0. The van der Waals surface area contributed by atoms with Gasteiger partial charge in [0.25, 0.3) is 0 Å². The monoisotopic (exact) mass is 235 g/mol. The summed E-state index contributed by atoms with van der Waals surface area (Å²) in [6, 6.07) is 4.37. The van der Waals surface area contributed by atoms with Crippen LogP contribution in [0.15, 0.2) is 24.5 Å². The van der Waals surface area contributed by atoms with Gasteiger partial charge in [0, 0.05) is 25.3 Å². The van der Waals surface area contributed by atoms with Crippen molar-refractivity contribution in [2.24, 2.45) is 5.73 Å². The summed E-state index contributed by atoms with van der Waals surface area (Å²) in [5.41, 5.74) is 6.99. The smallest absolute Gasteiger partial charge is 0.0553 e. The Morgan fingerprint density at radius 2 is 2.21 bits per heavy atom. The summed E-state index contributed by atoms with van der Waals surface area (Å²) in [5.74, 6) is 0. The molecule has 0 saturated carbocycles. The topological polar surface area (TPSA) is 42.1 Å². The second-order valence-electron chi connectivity index (χ2n) is 3.21. The van der Waals surface area contributed by atoms with E-state index in [-0.39, 0.29) is 24.8 Å². The lowest BCUT2D eigenvalue weighted by atomic mass is 10.3. The molecule has 0 aliphatic carbocycles. The van der Waals surface area contributed by atoms with E-state index in [2.05, 4.69) is 16.0 Å². The Kier molecular flexibility index (Phi) is 5.84. The molecule has 1 aliphatic heterocycles. The predicted octanol–water partition coefficient (Wildman–Crippen LogP) is 1.46. The van der Waals surface area contributed by atoms with E-state index in [9.17, 15) is 0 Å². The molecule has 1 aromatic rings. The van der Waals surface area contributed by atoms with Crippen LogP contribution in [-0.4, -0.2) is 24.1 Å². The van der Waals surface area contributed by atoms with Gasteiger partial charge < -0.3 is 10.6 Å². The number of aromatic nitrogens is 1. The van der Waals surface area contributed by atoms with Gasteiger partial charge in [-0.1, -0.05) is 0 Å². The van der Waals surface area contributed by atoms with Gasteiger partial charge >= 0.3 is 0 Å². The second-order valence-corrected chi connectivity index (χ2v) is 3.21. The molecule has 0 spiro atoms. The highest BCUT2D eigenvalue weighted by atomic mass is 35.5. The average molecular weight is 236 g/mol. The molecular formula is C9H15Cl2N3. The molecule has 0 amide bonds. The first kappa shape index (κ1) is 13.5. The van der Waals surface area contributed by atoms with Crippen LogP contribution in [0.25, 0.3) is 0 Å². The molecule has 2 N–H and O–H groups in total. The minimum atomic E-state index is 0. The van der Waals surface area contributed by atoms with Crippen molar-refractivity contribution in [2.75, 3.05) is 18.0 Å². The number of hydrogen-bond donors (Lipinski definition) is 1. The van der Waals surface area contributed by atoms with Crippen LogP contribution < -0.4 is 10.6 Å². The third-order valence-corrected chi connectivity index (χ3v) is 2.24. The molecule has 0 unspecified atom stereocenters. The number of halogens is 2. The Labute approximate surface area is 96.5 Å². The summed E-state index contributed by atoms with van der Waals surface area (Å²) in [6.45, 7) is 2.03. The lowest BCUT2D eigenvalue weighted by Gasteiger charge is -2.16. The number of anilines is 1. The fourth-order valence-corrected chi connectivity index (χ4v) is 1.56. The largest absolute Gasteiger partial charge is 0.369 e. The van der Waals surface area contributed by atoms with E-state index in [0.717, 1.165) is 19.5 Å². The van der Waals surface area contributed by atoms with Gasteiger partial charge in [-0.3, -0.25) is 4.98 Å². The fraction of sp³-hybridized carbons (Fsp3) is 0.444. The maximum atomic E-state index is 5.80. The van der Waals surface area contributed by atoms with Crippen LogP contribution >= 0.6 is 24.8 Å². The van der Waals surface area contributed by atoms with Gasteiger partial charge in [-0.05, 0) is 18.6 Å². The Morgan fingerprint density at radius 1 is 1.43 bits per heavy atom. The molecular weight excluding hydrogens is 221 g/mol. The van der Waals surface area contributed by atoms with Gasteiger partial charge in [-0.2, -0.15) is 0 Å². The van der Waals surface area contributed by atoms with Crippen molar-refractivity contribution >= 4 is 30.5 Å².